The van der Waals surface area contributed by atoms with Crippen molar-refractivity contribution < 1.29 is 33.9 Å². The number of hydrogen-bond acceptors (Lipinski definition) is 10. The Kier molecular flexibility index (Phi) is 7.53. The van der Waals surface area contributed by atoms with Gasteiger partial charge in [-0.05, 0) is 50.6 Å². The highest BCUT2D eigenvalue weighted by molar-refractivity contribution is 7.17. The highest BCUT2D eigenvalue weighted by Crippen LogP contribution is 2.44. The largest absolute Gasteiger partial charge is 0.507 e. The van der Waals surface area contributed by atoms with Gasteiger partial charge in [0.25, 0.3) is 11.5 Å². The number of Topliss-reactive ketones (excluding diaryl/α,β-unsaturated/α-hetero) is 1. The molecule has 1 amide bonds. The molecule has 12 heteroatoms. The van der Waals surface area contributed by atoms with Gasteiger partial charge < -0.3 is 14.6 Å². The van der Waals surface area contributed by atoms with Crippen LogP contribution in [0.1, 0.15) is 46.4 Å². The van der Waals surface area contributed by atoms with Crippen LogP contribution in [0, 0.1) is 17.0 Å². The summed E-state index contributed by atoms with van der Waals surface area (Å²) in [5, 5.41) is 22.5. The number of ketones is 1. The van der Waals surface area contributed by atoms with Gasteiger partial charge in [0.2, 0.25) is 0 Å². The van der Waals surface area contributed by atoms with Crippen molar-refractivity contribution in [2.24, 2.45) is 0 Å². The smallest absolute Gasteiger partial charge is 0.350 e. The third-order valence-electron chi connectivity index (χ3n) is 5.73. The molecule has 196 valence electrons. The first-order valence-corrected chi connectivity index (χ1v) is 12.4. The number of nitro groups is 1. The molecule has 2 heterocycles. The zero-order valence-electron chi connectivity index (χ0n) is 20.7. The van der Waals surface area contributed by atoms with Gasteiger partial charge in [-0.3, -0.25) is 24.6 Å². The van der Waals surface area contributed by atoms with Crippen molar-refractivity contribution in [1.29, 1.82) is 0 Å². The highest BCUT2D eigenvalue weighted by atomic mass is 32.1. The van der Waals surface area contributed by atoms with E-state index in [2.05, 4.69) is 4.98 Å². The third-order valence-corrected chi connectivity index (χ3v) is 6.87. The summed E-state index contributed by atoms with van der Waals surface area (Å²) in [6, 6.07) is 10.5. The summed E-state index contributed by atoms with van der Waals surface area (Å²) < 4.78 is 10.6. The number of esters is 1. The van der Waals surface area contributed by atoms with Crippen molar-refractivity contribution in [1.82, 2.24) is 4.98 Å². The van der Waals surface area contributed by atoms with Crippen LogP contribution in [-0.4, -0.2) is 45.9 Å². The van der Waals surface area contributed by atoms with E-state index in [0.717, 1.165) is 16.2 Å². The predicted octanol–water partition coefficient (Wildman–Crippen LogP) is 4.56. The summed E-state index contributed by atoms with van der Waals surface area (Å²) >= 11 is 0.870. The minimum atomic E-state index is -1.17. The van der Waals surface area contributed by atoms with Crippen LogP contribution in [0.3, 0.4) is 0 Å². The molecule has 3 aromatic rings. The molecule has 4 rings (SSSR count). The number of anilines is 1. The number of nitrogens with zero attached hydrogens (tertiary/aromatic N) is 3. The number of hydrogen-bond donors (Lipinski definition) is 1. The molecule has 0 saturated carbocycles. The quantitative estimate of drug-likeness (QED) is 0.109. The molecule has 1 aliphatic heterocycles. The van der Waals surface area contributed by atoms with Gasteiger partial charge in [0.05, 0.1) is 35.4 Å². The van der Waals surface area contributed by atoms with Crippen molar-refractivity contribution >= 4 is 45.6 Å². The van der Waals surface area contributed by atoms with Crippen molar-refractivity contribution in [3.05, 3.63) is 85.9 Å². The maximum Gasteiger partial charge on any atom is 0.350 e. The molecular weight excluding hydrogens is 514 g/mol. The minimum absolute atomic E-state index is 0.0399. The number of aliphatic hydroxyl groups is 1. The number of thiazole rings is 1. The lowest BCUT2D eigenvalue weighted by molar-refractivity contribution is -0.384. The Morgan fingerprint density at radius 2 is 1.87 bits per heavy atom. The highest BCUT2D eigenvalue weighted by Gasteiger charge is 2.48. The Balaban J connectivity index is 1.91. The number of non-ortho nitro benzene ring substituents is 1. The number of amides is 1. The lowest BCUT2D eigenvalue weighted by atomic mass is 9.95. The molecule has 1 aromatic heterocycles. The Bertz CT molecular complexity index is 1460. The van der Waals surface area contributed by atoms with Crippen molar-refractivity contribution in [2.45, 2.75) is 26.8 Å². The van der Waals surface area contributed by atoms with Gasteiger partial charge in [-0.25, -0.2) is 9.78 Å². The van der Waals surface area contributed by atoms with E-state index in [1.807, 2.05) is 0 Å². The fraction of sp³-hybridized carbons (Fsp3) is 0.231. The summed E-state index contributed by atoms with van der Waals surface area (Å²) in [6.07, 6.45) is 0. The first kappa shape index (κ1) is 26.5. The first-order chi connectivity index (χ1) is 18.2. The number of carbonyl (C=O) groups excluding carboxylic acids is 3. The van der Waals surface area contributed by atoms with Crippen LogP contribution in [0.15, 0.2) is 54.1 Å². The van der Waals surface area contributed by atoms with Crippen LogP contribution < -0.4 is 9.64 Å². The van der Waals surface area contributed by atoms with Crippen molar-refractivity contribution in [2.75, 3.05) is 18.1 Å². The number of rotatable bonds is 8. The summed E-state index contributed by atoms with van der Waals surface area (Å²) in [5.74, 6) is -2.56. The zero-order valence-corrected chi connectivity index (χ0v) is 21.5. The number of nitro benzene ring substituents is 1. The molecule has 0 spiro atoms. The van der Waals surface area contributed by atoms with E-state index in [0.29, 0.717) is 23.6 Å². The molecular formula is C26H23N3O8S. The lowest BCUT2D eigenvalue weighted by Gasteiger charge is -2.23. The Morgan fingerprint density at radius 1 is 1.16 bits per heavy atom. The molecule has 0 bridgehead atoms. The molecule has 38 heavy (non-hydrogen) atoms. The van der Waals surface area contributed by atoms with E-state index >= 15 is 0 Å². The second-order valence-corrected chi connectivity index (χ2v) is 9.09. The van der Waals surface area contributed by atoms with E-state index < -0.39 is 34.4 Å². The normalized spacial score (nSPS) is 16.5. The molecule has 2 aromatic carbocycles. The maximum atomic E-state index is 13.3. The van der Waals surface area contributed by atoms with Crippen LogP contribution in [0.25, 0.3) is 5.76 Å². The Labute approximate surface area is 221 Å². The van der Waals surface area contributed by atoms with E-state index in [1.165, 1.54) is 30.3 Å². The van der Waals surface area contributed by atoms with Crippen molar-refractivity contribution in [3.63, 3.8) is 0 Å². The van der Waals surface area contributed by atoms with Gasteiger partial charge in [0.1, 0.15) is 16.4 Å². The SMILES string of the molecule is CCOC(=O)c1sc(N2C(=O)C(=O)C(=C(O)c3cccc(OCC)c3)C2c2ccc([N+](=O)[O-])cc2)nc1C. The molecule has 1 fully saturated rings. The number of benzene rings is 2. The second-order valence-electron chi connectivity index (χ2n) is 8.11. The lowest BCUT2D eigenvalue weighted by Crippen LogP contribution is -2.29. The summed E-state index contributed by atoms with van der Waals surface area (Å²) in [6.45, 7) is 5.54. The average Bonchev–Trinajstić information content (AvgIpc) is 3.41. The van der Waals surface area contributed by atoms with Crippen molar-refractivity contribution in [3.8, 4) is 5.75 Å². The van der Waals surface area contributed by atoms with Gasteiger partial charge in [-0.1, -0.05) is 23.5 Å². The van der Waals surface area contributed by atoms with Gasteiger partial charge in [0, 0.05) is 17.7 Å². The van der Waals surface area contributed by atoms with Gasteiger partial charge >= 0.3 is 11.9 Å². The number of ether oxygens (including phenoxy) is 2. The van der Waals surface area contributed by atoms with E-state index in [4.69, 9.17) is 9.47 Å². The molecule has 1 aliphatic rings. The van der Waals surface area contributed by atoms with Gasteiger partial charge in [-0.2, -0.15) is 0 Å². The number of carbonyl (C=O) groups is 3. The van der Waals surface area contributed by atoms with E-state index in [9.17, 15) is 29.6 Å². The summed E-state index contributed by atoms with van der Waals surface area (Å²) in [7, 11) is 0. The number of aliphatic hydroxyl groups excluding tert-OH is 1. The van der Waals surface area contributed by atoms with E-state index in [-0.39, 0.29) is 33.4 Å². The zero-order chi connectivity index (χ0) is 27.6. The average molecular weight is 538 g/mol. The molecule has 1 N–H and O–H groups in total. The van der Waals surface area contributed by atoms with E-state index in [1.54, 1.807) is 39.0 Å². The summed E-state index contributed by atoms with van der Waals surface area (Å²) in [5.41, 5.74) is 0.441. The molecule has 0 radical (unpaired) electrons. The van der Waals surface area contributed by atoms with Crippen LogP contribution in [0.4, 0.5) is 10.8 Å². The molecule has 11 nitrogen and oxygen atoms in total. The van der Waals surface area contributed by atoms with Gasteiger partial charge in [0.15, 0.2) is 5.13 Å². The first-order valence-electron chi connectivity index (χ1n) is 11.6. The molecule has 1 atom stereocenters. The predicted molar refractivity (Wildman–Crippen MR) is 138 cm³/mol. The minimum Gasteiger partial charge on any atom is -0.507 e. The Morgan fingerprint density at radius 3 is 2.50 bits per heavy atom. The molecule has 1 unspecified atom stereocenters. The van der Waals surface area contributed by atoms with Crippen LogP contribution >= 0.6 is 11.3 Å². The second kappa shape index (κ2) is 10.8. The molecule has 0 aliphatic carbocycles. The fourth-order valence-corrected chi connectivity index (χ4v) is 5.04. The van der Waals surface area contributed by atoms with Crippen LogP contribution in [0.2, 0.25) is 0 Å². The Hall–Kier alpha value is -4.58. The summed E-state index contributed by atoms with van der Waals surface area (Å²) in [4.78, 5) is 55.3. The monoisotopic (exact) mass is 537 g/mol. The van der Waals surface area contributed by atoms with Gasteiger partial charge in [-0.15, -0.1) is 0 Å². The number of aryl methyl sites for hydroxylation is 1. The number of aromatic nitrogens is 1. The van der Waals surface area contributed by atoms with Crippen LogP contribution in [-0.2, 0) is 14.3 Å². The third kappa shape index (κ3) is 4.85. The van der Waals surface area contributed by atoms with Crippen LogP contribution in [0.5, 0.6) is 5.75 Å². The standard InChI is InChI=1S/C26H23N3O8S/c1-4-36-18-8-6-7-16(13-18)21(30)19-20(15-9-11-17(12-10-15)29(34)35)28(24(32)22(19)31)26-27-14(3)23(38-26)25(33)37-5-2/h6-13,20,30H,4-5H2,1-3H3. The maximum absolute atomic E-state index is 13.3. The fourth-order valence-electron chi connectivity index (χ4n) is 4.05. The topological polar surface area (TPSA) is 149 Å². The molecule has 1 saturated heterocycles.